The van der Waals surface area contributed by atoms with E-state index in [1.165, 1.54) is 31.4 Å². The standard InChI is InChI=1S/C21H32N4O/c1-14-11-18(19-13-22-9-10-26-19)25-20(23-14)12-17(24-25)15-5-7-16(8-6-15)21(2,3)4/h11-12,15-16,19,22H,5-10,13H2,1-4H3/t15?,16?,19-/m0/s1. The van der Waals surface area contributed by atoms with Crippen LogP contribution in [0.1, 0.15) is 75.6 Å². The normalized spacial score (nSPS) is 27.8. The van der Waals surface area contributed by atoms with Crippen LogP contribution in [0.25, 0.3) is 5.65 Å². The number of fused-ring (bicyclic) bond motifs is 1. The second-order valence-electron chi connectivity index (χ2n) is 9.14. The Morgan fingerprint density at radius 2 is 1.92 bits per heavy atom. The highest BCUT2D eigenvalue weighted by Gasteiger charge is 2.31. The van der Waals surface area contributed by atoms with Gasteiger partial charge in [0.05, 0.1) is 18.0 Å². The Morgan fingerprint density at radius 3 is 2.58 bits per heavy atom. The van der Waals surface area contributed by atoms with Crippen molar-refractivity contribution in [3.8, 4) is 0 Å². The van der Waals surface area contributed by atoms with Crippen LogP contribution in [0, 0.1) is 18.3 Å². The summed E-state index contributed by atoms with van der Waals surface area (Å²) >= 11 is 0. The van der Waals surface area contributed by atoms with E-state index < -0.39 is 0 Å². The summed E-state index contributed by atoms with van der Waals surface area (Å²) in [7, 11) is 0. The molecule has 0 bridgehead atoms. The Morgan fingerprint density at radius 1 is 1.15 bits per heavy atom. The molecule has 1 aliphatic heterocycles. The van der Waals surface area contributed by atoms with E-state index in [0.29, 0.717) is 11.3 Å². The predicted octanol–water partition coefficient (Wildman–Crippen LogP) is 4.02. The van der Waals surface area contributed by atoms with Gasteiger partial charge in [0.2, 0.25) is 0 Å². The van der Waals surface area contributed by atoms with Crippen molar-refractivity contribution in [1.29, 1.82) is 0 Å². The largest absolute Gasteiger partial charge is 0.369 e. The lowest BCUT2D eigenvalue weighted by Crippen LogP contribution is -2.34. The minimum absolute atomic E-state index is 0.0531. The summed E-state index contributed by atoms with van der Waals surface area (Å²) in [5, 5.41) is 8.41. The molecule has 26 heavy (non-hydrogen) atoms. The van der Waals surface area contributed by atoms with Gasteiger partial charge in [0.25, 0.3) is 0 Å². The zero-order valence-corrected chi connectivity index (χ0v) is 16.6. The summed E-state index contributed by atoms with van der Waals surface area (Å²) in [6.07, 6.45) is 5.13. The second-order valence-corrected chi connectivity index (χ2v) is 9.14. The molecule has 5 nitrogen and oxygen atoms in total. The highest BCUT2D eigenvalue weighted by Crippen LogP contribution is 2.43. The summed E-state index contributed by atoms with van der Waals surface area (Å²) in [5.74, 6) is 1.39. The molecule has 4 rings (SSSR count). The van der Waals surface area contributed by atoms with Gasteiger partial charge in [-0.15, -0.1) is 0 Å². The summed E-state index contributed by atoms with van der Waals surface area (Å²) in [6, 6.07) is 4.33. The highest BCUT2D eigenvalue weighted by atomic mass is 16.5. The minimum Gasteiger partial charge on any atom is -0.369 e. The molecule has 1 aliphatic carbocycles. The molecule has 2 fully saturated rings. The predicted molar refractivity (Wildman–Crippen MR) is 103 cm³/mol. The molecular formula is C21H32N4O. The first-order chi connectivity index (χ1) is 12.4. The molecule has 142 valence electrons. The maximum Gasteiger partial charge on any atom is 0.155 e. The van der Waals surface area contributed by atoms with Crippen molar-refractivity contribution in [1.82, 2.24) is 19.9 Å². The van der Waals surface area contributed by atoms with E-state index in [1.807, 2.05) is 4.52 Å². The van der Waals surface area contributed by atoms with Gasteiger partial charge in [-0.3, -0.25) is 0 Å². The molecule has 2 aromatic heterocycles. The third kappa shape index (κ3) is 3.52. The van der Waals surface area contributed by atoms with Gasteiger partial charge in [0.15, 0.2) is 5.65 Å². The maximum atomic E-state index is 5.98. The van der Waals surface area contributed by atoms with E-state index in [1.54, 1.807) is 0 Å². The number of hydrogen-bond acceptors (Lipinski definition) is 4. The second kappa shape index (κ2) is 6.93. The van der Waals surface area contributed by atoms with Gasteiger partial charge in [-0.05, 0) is 50.0 Å². The van der Waals surface area contributed by atoms with Crippen LogP contribution in [0.3, 0.4) is 0 Å². The molecule has 0 spiro atoms. The number of aromatic nitrogens is 3. The molecule has 2 aromatic rings. The molecule has 3 heterocycles. The monoisotopic (exact) mass is 356 g/mol. The van der Waals surface area contributed by atoms with Crippen molar-refractivity contribution < 1.29 is 4.74 Å². The van der Waals surface area contributed by atoms with Crippen LogP contribution in [0.5, 0.6) is 0 Å². The Bertz CT molecular complexity index is 762. The van der Waals surface area contributed by atoms with E-state index in [9.17, 15) is 0 Å². The van der Waals surface area contributed by atoms with Crippen molar-refractivity contribution in [2.45, 2.75) is 65.4 Å². The number of nitrogens with one attached hydrogen (secondary N) is 1. The van der Waals surface area contributed by atoms with Gasteiger partial charge in [0.1, 0.15) is 6.10 Å². The van der Waals surface area contributed by atoms with Crippen LogP contribution in [-0.4, -0.2) is 34.3 Å². The van der Waals surface area contributed by atoms with E-state index in [4.69, 9.17) is 14.8 Å². The first kappa shape index (κ1) is 17.9. The number of nitrogens with zero attached hydrogens (tertiary/aromatic N) is 3. The molecule has 5 heteroatoms. The van der Waals surface area contributed by atoms with E-state index in [0.717, 1.165) is 42.6 Å². The number of hydrogen-bond donors (Lipinski definition) is 1. The van der Waals surface area contributed by atoms with E-state index >= 15 is 0 Å². The molecule has 2 aliphatic rings. The molecular weight excluding hydrogens is 324 g/mol. The summed E-state index contributed by atoms with van der Waals surface area (Å²) < 4.78 is 8.01. The third-order valence-electron chi connectivity index (χ3n) is 6.23. The molecule has 0 unspecified atom stereocenters. The zero-order chi connectivity index (χ0) is 18.3. The number of rotatable bonds is 2. The lowest BCUT2D eigenvalue weighted by atomic mass is 9.69. The molecule has 1 atom stereocenters. The lowest BCUT2D eigenvalue weighted by molar-refractivity contribution is 0.0236. The quantitative estimate of drug-likeness (QED) is 0.883. The van der Waals surface area contributed by atoms with Gasteiger partial charge in [-0.2, -0.15) is 5.10 Å². The van der Waals surface area contributed by atoms with Crippen molar-refractivity contribution >= 4 is 5.65 Å². The summed E-state index contributed by atoms with van der Waals surface area (Å²) in [6.45, 7) is 11.7. The Hall–Kier alpha value is -1.46. The molecule has 1 saturated carbocycles. The fourth-order valence-electron chi connectivity index (χ4n) is 4.59. The third-order valence-corrected chi connectivity index (χ3v) is 6.23. The minimum atomic E-state index is 0.0531. The van der Waals surface area contributed by atoms with Crippen molar-refractivity contribution in [2.24, 2.45) is 11.3 Å². The van der Waals surface area contributed by atoms with Gasteiger partial charge in [-0.1, -0.05) is 20.8 Å². The van der Waals surface area contributed by atoms with Crippen LogP contribution in [-0.2, 0) is 4.74 Å². The average Bonchev–Trinajstić information content (AvgIpc) is 3.05. The molecule has 1 saturated heterocycles. The van der Waals surface area contributed by atoms with Crippen molar-refractivity contribution in [2.75, 3.05) is 19.7 Å². The molecule has 0 radical (unpaired) electrons. The Labute approximate surface area is 156 Å². The SMILES string of the molecule is Cc1cc([C@@H]2CNCCO2)n2nc(C3CCC(C(C)(C)C)CC3)cc2n1. The molecule has 1 N–H and O–H groups in total. The molecule has 0 amide bonds. The van der Waals surface area contributed by atoms with Gasteiger partial charge >= 0.3 is 0 Å². The van der Waals surface area contributed by atoms with Crippen molar-refractivity contribution in [3.05, 3.63) is 29.2 Å². The number of aryl methyl sites for hydroxylation is 1. The smallest absolute Gasteiger partial charge is 0.155 e. The van der Waals surface area contributed by atoms with Crippen LogP contribution in [0.4, 0.5) is 0 Å². The van der Waals surface area contributed by atoms with Crippen LogP contribution < -0.4 is 5.32 Å². The van der Waals surface area contributed by atoms with Crippen molar-refractivity contribution in [3.63, 3.8) is 0 Å². The highest BCUT2D eigenvalue weighted by molar-refractivity contribution is 5.43. The van der Waals surface area contributed by atoms with Gasteiger partial charge in [-0.25, -0.2) is 9.50 Å². The van der Waals surface area contributed by atoms with E-state index in [-0.39, 0.29) is 6.10 Å². The molecule has 0 aromatic carbocycles. The van der Waals surface area contributed by atoms with Crippen LogP contribution in [0.2, 0.25) is 0 Å². The van der Waals surface area contributed by atoms with Crippen LogP contribution in [0.15, 0.2) is 12.1 Å². The first-order valence-electron chi connectivity index (χ1n) is 10.1. The fraction of sp³-hybridized carbons (Fsp3) is 0.714. The Balaban J connectivity index is 1.60. The van der Waals surface area contributed by atoms with Crippen LogP contribution >= 0.6 is 0 Å². The van der Waals surface area contributed by atoms with Gasteiger partial charge < -0.3 is 10.1 Å². The zero-order valence-electron chi connectivity index (χ0n) is 16.6. The summed E-state index contributed by atoms with van der Waals surface area (Å²) in [5.41, 5.74) is 4.74. The lowest BCUT2D eigenvalue weighted by Gasteiger charge is -2.36. The topological polar surface area (TPSA) is 51.5 Å². The number of morpholine rings is 1. The van der Waals surface area contributed by atoms with E-state index in [2.05, 4.69) is 45.1 Å². The Kier molecular flexibility index (Phi) is 4.78. The van der Waals surface area contributed by atoms with Gasteiger partial charge in [0, 0.05) is 30.8 Å². The average molecular weight is 357 g/mol. The summed E-state index contributed by atoms with van der Waals surface area (Å²) in [4.78, 5) is 4.73. The first-order valence-corrected chi connectivity index (χ1v) is 10.1. The fourth-order valence-corrected chi connectivity index (χ4v) is 4.59. The maximum absolute atomic E-state index is 5.98. The number of ether oxygens (including phenoxy) is 1.